The van der Waals surface area contributed by atoms with Crippen molar-refractivity contribution in [3.8, 4) is 11.5 Å². The zero-order chi connectivity index (χ0) is 19.7. The van der Waals surface area contributed by atoms with Gasteiger partial charge in [0.1, 0.15) is 24.8 Å². The molecule has 0 saturated carbocycles. The normalized spacial score (nSPS) is 18.1. The Balaban J connectivity index is 1.40. The van der Waals surface area contributed by atoms with Gasteiger partial charge in [0, 0.05) is 30.8 Å². The maximum Gasteiger partial charge on any atom is 0.319 e. The highest BCUT2D eigenvalue weighted by atomic mass is 19.1. The van der Waals surface area contributed by atoms with Gasteiger partial charge in [0.25, 0.3) is 0 Å². The van der Waals surface area contributed by atoms with Crippen LogP contribution in [-0.2, 0) is 4.79 Å². The van der Waals surface area contributed by atoms with Crippen molar-refractivity contribution in [2.75, 3.05) is 30.0 Å². The molecule has 2 aromatic carbocycles. The average molecular weight is 389 g/mol. The van der Waals surface area contributed by atoms with E-state index in [1.807, 2.05) is 0 Å². The van der Waals surface area contributed by atoms with Crippen LogP contribution >= 0.6 is 0 Å². The van der Waals surface area contributed by atoms with Gasteiger partial charge in [-0.3, -0.25) is 4.79 Å². The number of carbonyl (C=O) groups excluding carboxylic acids is 2. The number of amides is 3. The summed E-state index contributed by atoms with van der Waals surface area (Å²) >= 11 is 0. The van der Waals surface area contributed by atoms with E-state index in [0.717, 1.165) is 18.2 Å². The molecule has 2 aromatic rings. The second-order valence-corrected chi connectivity index (χ2v) is 6.46. The summed E-state index contributed by atoms with van der Waals surface area (Å²) in [6, 6.07) is 6.77. The molecule has 7 nitrogen and oxygen atoms in total. The summed E-state index contributed by atoms with van der Waals surface area (Å²) in [6.45, 7) is 1.16. The van der Waals surface area contributed by atoms with Crippen molar-refractivity contribution in [3.05, 3.63) is 48.0 Å². The van der Waals surface area contributed by atoms with E-state index in [1.54, 1.807) is 18.2 Å². The molecule has 1 atom stereocenters. The fourth-order valence-electron chi connectivity index (χ4n) is 3.19. The van der Waals surface area contributed by atoms with Crippen LogP contribution in [-0.4, -0.2) is 37.7 Å². The molecule has 0 aliphatic carbocycles. The van der Waals surface area contributed by atoms with Gasteiger partial charge < -0.3 is 25.0 Å². The molecule has 0 spiro atoms. The Morgan fingerprint density at radius 2 is 1.86 bits per heavy atom. The number of nitrogens with one attached hydrogen (secondary N) is 2. The highest BCUT2D eigenvalue weighted by molar-refractivity contribution is 5.98. The summed E-state index contributed by atoms with van der Waals surface area (Å²) < 4.78 is 37.8. The first kappa shape index (κ1) is 18.0. The lowest BCUT2D eigenvalue weighted by Crippen LogP contribution is -2.39. The van der Waals surface area contributed by atoms with Gasteiger partial charge in [0.05, 0.1) is 11.7 Å². The van der Waals surface area contributed by atoms with Crippen molar-refractivity contribution < 1.29 is 27.8 Å². The molecule has 4 rings (SSSR count). The lowest BCUT2D eigenvalue weighted by Gasteiger charge is -2.22. The monoisotopic (exact) mass is 389 g/mol. The quantitative estimate of drug-likeness (QED) is 0.846. The predicted molar refractivity (Wildman–Crippen MR) is 96.7 cm³/mol. The largest absolute Gasteiger partial charge is 0.486 e. The molecular formula is C19H17F2N3O4. The van der Waals surface area contributed by atoms with Crippen LogP contribution in [0.25, 0.3) is 0 Å². The van der Waals surface area contributed by atoms with E-state index in [0.29, 0.717) is 30.4 Å². The first-order chi connectivity index (χ1) is 13.5. The topological polar surface area (TPSA) is 79.9 Å². The van der Waals surface area contributed by atoms with E-state index in [-0.39, 0.29) is 24.6 Å². The minimum atomic E-state index is -0.753. The second-order valence-electron chi connectivity index (χ2n) is 6.46. The van der Waals surface area contributed by atoms with Gasteiger partial charge in [-0.05, 0) is 24.3 Å². The van der Waals surface area contributed by atoms with Gasteiger partial charge in [0.15, 0.2) is 11.5 Å². The molecule has 9 heteroatoms. The maximum atomic E-state index is 13.6. The third kappa shape index (κ3) is 3.68. The molecule has 2 aliphatic heterocycles. The Labute approximate surface area is 159 Å². The number of halogens is 2. The zero-order valence-electron chi connectivity index (χ0n) is 14.7. The van der Waals surface area contributed by atoms with Gasteiger partial charge in [-0.2, -0.15) is 0 Å². The Kier molecular flexibility index (Phi) is 4.72. The van der Waals surface area contributed by atoms with E-state index in [4.69, 9.17) is 9.47 Å². The number of benzene rings is 2. The van der Waals surface area contributed by atoms with Crippen LogP contribution in [0.5, 0.6) is 11.5 Å². The third-order valence-corrected chi connectivity index (χ3v) is 4.47. The summed E-state index contributed by atoms with van der Waals surface area (Å²) in [5.74, 6) is -0.409. The number of anilines is 2. The van der Waals surface area contributed by atoms with Crippen molar-refractivity contribution >= 4 is 23.3 Å². The third-order valence-electron chi connectivity index (χ3n) is 4.47. The number of ether oxygens (including phenoxy) is 2. The smallest absolute Gasteiger partial charge is 0.319 e. The van der Waals surface area contributed by atoms with E-state index in [2.05, 4.69) is 10.6 Å². The molecule has 2 aliphatic rings. The van der Waals surface area contributed by atoms with Crippen LogP contribution < -0.4 is 25.0 Å². The number of hydrogen-bond donors (Lipinski definition) is 2. The summed E-state index contributed by atoms with van der Waals surface area (Å²) in [5.41, 5.74) is 0.362. The first-order valence-electron chi connectivity index (χ1n) is 8.72. The van der Waals surface area contributed by atoms with Gasteiger partial charge in [-0.15, -0.1) is 0 Å². The number of carbonyl (C=O) groups is 2. The minimum absolute atomic E-state index is 0.0908. The fourth-order valence-corrected chi connectivity index (χ4v) is 3.19. The van der Waals surface area contributed by atoms with Gasteiger partial charge >= 0.3 is 6.03 Å². The molecule has 2 N–H and O–H groups in total. The average Bonchev–Trinajstić information content (AvgIpc) is 3.04. The molecule has 28 heavy (non-hydrogen) atoms. The molecule has 0 radical (unpaired) electrons. The molecule has 0 unspecified atom stereocenters. The molecule has 3 amide bonds. The molecule has 1 fully saturated rings. The highest BCUT2D eigenvalue weighted by Gasteiger charge is 2.32. The highest BCUT2D eigenvalue weighted by Crippen LogP contribution is 2.35. The maximum absolute atomic E-state index is 13.6. The Bertz CT molecular complexity index is 937. The van der Waals surface area contributed by atoms with Crippen LogP contribution in [0.4, 0.5) is 25.0 Å². The van der Waals surface area contributed by atoms with Crippen molar-refractivity contribution in [3.63, 3.8) is 0 Å². The summed E-state index contributed by atoms with van der Waals surface area (Å²) in [6.07, 6.45) is 0.0908. The van der Waals surface area contributed by atoms with E-state index < -0.39 is 23.7 Å². The van der Waals surface area contributed by atoms with Crippen LogP contribution in [0, 0.1) is 11.6 Å². The number of rotatable bonds is 3. The molecular weight excluding hydrogens is 372 g/mol. The van der Waals surface area contributed by atoms with Crippen molar-refractivity contribution in [2.24, 2.45) is 0 Å². The van der Waals surface area contributed by atoms with E-state index >= 15 is 0 Å². The molecule has 0 aromatic heterocycles. The summed E-state index contributed by atoms with van der Waals surface area (Å²) in [7, 11) is 0. The lowest BCUT2D eigenvalue weighted by atomic mass is 10.2. The first-order valence-corrected chi connectivity index (χ1v) is 8.72. The number of fused-ring (bicyclic) bond motifs is 1. The standard InChI is InChI=1S/C19H17F2N3O4/c20-11-1-3-14(21)15(7-11)23-19(26)22-12-8-18(25)24(10-12)13-2-4-16-17(9-13)28-6-5-27-16/h1-4,7,9,12H,5-6,8,10H2,(H2,22,23,26)/t12-/m1/s1. The van der Waals surface area contributed by atoms with Crippen LogP contribution in [0.15, 0.2) is 36.4 Å². The zero-order valence-corrected chi connectivity index (χ0v) is 14.7. The van der Waals surface area contributed by atoms with Gasteiger partial charge in [-0.1, -0.05) is 0 Å². The van der Waals surface area contributed by atoms with Crippen LogP contribution in [0.1, 0.15) is 6.42 Å². The van der Waals surface area contributed by atoms with Crippen molar-refractivity contribution in [1.29, 1.82) is 0 Å². The van der Waals surface area contributed by atoms with Crippen LogP contribution in [0.3, 0.4) is 0 Å². The molecule has 146 valence electrons. The summed E-state index contributed by atoms with van der Waals surface area (Å²) in [5, 5.41) is 4.87. The molecule has 2 heterocycles. The van der Waals surface area contributed by atoms with Crippen molar-refractivity contribution in [1.82, 2.24) is 5.32 Å². The van der Waals surface area contributed by atoms with E-state index in [9.17, 15) is 18.4 Å². The number of nitrogens with zero attached hydrogens (tertiary/aromatic N) is 1. The minimum Gasteiger partial charge on any atom is -0.486 e. The Morgan fingerprint density at radius 3 is 2.68 bits per heavy atom. The van der Waals surface area contributed by atoms with Crippen LogP contribution in [0.2, 0.25) is 0 Å². The molecule has 0 bridgehead atoms. The second kappa shape index (κ2) is 7.34. The summed E-state index contributed by atoms with van der Waals surface area (Å²) in [4.78, 5) is 26.0. The molecule has 1 saturated heterocycles. The Morgan fingerprint density at radius 1 is 1.07 bits per heavy atom. The lowest BCUT2D eigenvalue weighted by molar-refractivity contribution is -0.117. The van der Waals surface area contributed by atoms with Gasteiger partial charge in [0.2, 0.25) is 5.91 Å². The van der Waals surface area contributed by atoms with Crippen molar-refractivity contribution in [2.45, 2.75) is 12.5 Å². The number of urea groups is 1. The fraction of sp³-hybridized carbons (Fsp3) is 0.263. The number of hydrogen-bond acceptors (Lipinski definition) is 4. The predicted octanol–water partition coefficient (Wildman–Crippen LogP) is 2.66. The van der Waals surface area contributed by atoms with E-state index in [1.165, 1.54) is 4.90 Å². The van der Waals surface area contributed by atoms with Gasteiger partial charge in [-0.25, -0.2) is 13.6 Å². The SMILES string of the molecule is O=C(Nc1cc(F)ccc1F)N[C@@H]1CC(=O)N(c2ccc3c(c2)OCCO3)C1. The Hall–Kier alpha value is -3.36.